The van der Waals surface area contributed by atoms with Gasteiger partial charge in [0.15, 0.2) is 0 Å². The molecule has 11 heteroatoms. The van der Waals surface area contributed by atoms with Gasteiger partial charge in [0, 0.05) is 13.0 Å². The quantitative estimate of drug-likeness (QED) is 0.729. The van der Waals surface area contributed by atoms with Gasteiger partial charge in [-0.05, 0) is 25.5 Å². The number of ether oxygens (including phenoxy) is 1. The van der Waals surface area contributed by atoms with Gasteiger partial charge in [0.1, 0.15) is 6.73 Å². The Morgan fingerprint density at radius 2 is 1.89 bits per heavy atom. The van der Waals surface area contributed by atoms with Crippen LogP contribution >= 0.6 is 0 Å². The average molecular weight is 422 g/mol. The number of anilines is 1. The minimum Gasteiger partial charge on any atom is -0.355 e. The second-order valence-corrected chi connectivity index (χ2v) is 8.67. The Labute approximate surface area is 161 Å². The van der Waals surface area contributed by atoms with E-state index in [0.717, 1.165) is 6.07 Å². The third-order valence-corrected chi connectivity index (χ3v) is 5.64. The zero-order valence-corrected chi connectivity index (χ0v) is 16.4. The Balaban J connectivity index is 2.46. The molecule has 2 rings (SSSR count). The highest BCUT2D eigenvalue weighted by Crippen LogP contribution is 2.34. The Bertz CT molecular complexity index is 868. The molecule has 1 heterocycles. The fraction of sp³-hybridized carbons (Fsp3) is 0.529. The number of hydrogen-bond donors (Lipinski definition) is 0. The summed E-state index contributed by atoms with van der Waals surface area (Å²) >= 11 is 0. The van der Waals surface area contributed by atoms with Crippen molar-refractivity contribution in [1.29, 1.82) is 0 Å². The topological polar surface area (TPSA) is 84.0 Å². The molecule has 0 aromatic heterocycles. The Morgan fingerprint density at radius 1 is 1.29 bits per heavy atom. The zero-order chi connectivity index (χ0) is 21.3. The van der Waals surface area contributed by atoms with Gasteiger partial charge in [-0.25, -0.2) is 0 Å². The van der Waals surface area contributed by atoms with Gasteiger partial charge < -0.3 is 9.64 Å². The average Bonchev–Trinajstić information content (AvgIpc) is 2.57. The summed E-state index contributed by atoms with van der Waals surface area (Å²) < 4.78 is 68.8. The van der Waals surface area contributed by atoms with Gasteiger partial charge in [0.25, 0.3) is 0 Å². The largest absolute Gasteiger partial charge is 0.517 e. The first kappa shape index (κ1) is 22.2. The fourth-order valence-corrected chi connectivity index (χ4v) is 3.72. The Hall–Kier alpha value is -2.14. The molecule has 1 aromatic rings. The van der Waals surface area contributed by atoms with Gasteiger partial charge in [-0.3, -0.25) is 9.59 Å². The van der Waals surface area contributed by atoms with Crippen LogP contribution in [0.2, 0.25) is 0 Å². The Morgan fingerprint density at radius 3 is 2.43 bits per heavy atom. The monoisotopic (exact) mass is 422 g/mol. The van der Waals surface area contributed by atoms with Crippen molar-refractivity contribution < 1.29 is 35.9 Å². The van der Waals surface area contributed by atoms with Crippen molar-refractivity contribution in [3.63, 3.8) is 0 Å². The minimum absolute atomic E-state index is 0.0631. The lowest BCUT2D eigenvalue weighted by atomic mass is 10.0. The molecule has 0 aliphatic carbocycles. The van der Waals surface area contributed by atoms with Crippen LogP contribution in [0.3, 0.4) is 0 Å². The summed E-state index contributed by atoms with van der Waals surface area (Å²) in [4.78, 5) is 25.7. The maximum absolute atomic E-state index is 13.1. The van der Waals surface area contributed by atoms with E-state index in [4.69, 9.17) is 4.74 Å². The zero-order valence-electron chi connectivity index (χ0n) is 15.6. The van der Waals surface area contributed by atoms with Crippen molar-refractivity contribution in [1.82, 2.24) is 4.90 Å². The number of carbonyl (C=O) groups excluding carboxylic acids is 2. The predicted octanol–water partition coefficient (Wildman–Crippen LogP) is 2.76. The first-order valence-electron chi connectivity index (χ1n) is 8.44. The van der Waals surface area contributed by atoms with Gasteiger partial charge in [-0.15, -0.1) is 0 Å². The number of rotatable bonds is 5. The van der Waals surface area contributed by atoms with Crippen molar-refractivity contribution >= 4 is 27.5 Å². The van der Waals surface area contributed by atoms with Crippen molar-refractivity contribution in [3.05, 3.63) is 29.8 Å². The van der Waals surface area contributed by atoms with E-state index in [9.17, 15) is 31.2 Å². The molecule has 1 fully saturated rings. The number of alkyl halides is 3. The molecule has 0 N–H and O–H groups in total. The highest BCUT2D eigenvalue weighted by atomic mass is 32.2. The van der Waals surface area contributed by atoms with E-state index in [2.05, 4.69) is 0 Å². The molecule has 28 heavy (non-hydrogen) atoms. The van der Waals surface area contributed by atoms with E-state index in [-0.39, 0.29) is 35.5 Å². The van der Waals surface area contributed by atoms with Crippen molar-refractivity contribution in [2.24, 2.45) is 0 Å². The van der Waals surface area contributed by atoms with Crippen LogP contribution in [0, 0.1) is 0 Å². The summed E-state index contributed by atoms with van der Waals surface area (Å²) in [7, 11) is -5.95. The van der Waals surface area contributed by atoms with Crippen molar-refractivity contribution in [2.75, 3.05) is 11.0 Å². The molecular weight excluding hydrogens is 401 g/mol. The molecular formula is C17H21F3N2O5S. The highest BCUT2D eigenvalue weighted by molar-refractivity contribution is 7.94. The minimum atomic E-state index is -5.95. The molecule has 0 bridgehead atoms. The van der Waals surface area contributed by atoms with E-state index in [1.807, 2.05) is 0 Å². The first-order valence-corrected chi connectivity index (χ1v) is 9.88. The second-order valence-electron chi connectivity index (χ2n) is 6.89. The normalized spacial score (nSPS) is 17.5. The van der Waals surface area contributed by atoms with E-state index in [0.29, 0.717) is 0 Å². The van der Waals surface area contributed by atoms with Crippen LogP contribution < -0.4 is 4.31 Å². The highest BCUT2D eigenvalue weighted by Gasteiger charge is 2.52. The van der Waals surface area contributed by atoms with Crippen molar-refractivity contribution in [3.8, 4) is 0 Å². The van der Waals surface area contributed by atoms with Crippen molar-refractivity contribution in [2.45, 2.75) is 51.3 Å². The molecule has 0 radical (unpaired) electrons. The number of benzene rings is 1. The molecule has 1 aromatic carbocycles. The summed E-state index contributed by atoms with van der Waals surface area (Å²) in [5.41, 5.74) is -6.69. The molecule has 156 valence electrons. The lowest BCUT2D eigenvalue weighted by molar-refractivity contribution is -0.167. The smallest absolute Gasteiger partial charge is 0.355 e. The van der Waals surface area contributed by atoms with E-state index < -0.39 is 39.1 Å². The summed E-state index contributed by atoms with van der Waals surface area (Å²) in [6.45, 7) is 4.41. The van der Waals surface area contributed by atoms with E-state index >= 15 is 0 Å². The summed E-state index contributed by atoms with van der Waals surface area (Å²) in [6.07, 6.45) is -0.392. The number of amides is 2. The molecule has 0 saturated carbocycles. The van der Waals surface area contributed by atoms with Crippen LogP contribution in [-0.2, 0) is 30.9 Å². The summed E-state index contributed by atoms with van der Waals surface area (Å²) in [6, 6.07) is 5.26. The van der Waals surface area contributed by atoms with E-state index in [1.165, 1.54) is 30.0 Å². The third kappa shape index (κ3) is 4.46. The molecule has 1 saturated heterocycles. The maximum atomic E-state index is 13.1. The van der Waals surface area contributed by atoms with Crippen LogP contribution in [0.15, 0.2) is 24.3 Å². The Kier molecular flexibility index (Phi) is 6.10. The van der Waals surface area contributed by atoms with Crippen LogP contribution in [0.25, 0.3) is 0 Å². The SMILES string of the molecule is CCC(=O)N(c1ccccc1CN1COC(C)(C)CC1=O)S(=O)(=O)C(F)(F)F. The molecule has 0 atom stereocenters. The number of hydrogen-bond acceptors (Lipinski definition) is 5. The van der Waals surface area contributed by atoms with Gasteiger partial charge in [-0.2, -0.15) is 25.9 Å². The number of halogens is 3. The molecule has 1 aliphatic rings. The van der Waals surface area contributed by atoms with Crippen LogP contribution in [0.4, 0.5) is 18.9 Å². The summed E-state index contributed by atoms with van der Waals surface area (Å²) in [5, 5.41) is 0. The predicted molar refractivity (Wildman–Crippen MR) is 94.4 cm³/mol. The molecule has 0 spiro atoms. The third-order valence-electron chi connectivity index (χ3n) is 4.17. The number of para-hydroxylation sites is 1. The summed E-state index contributed by atoms with van der Waals surface area (Å²) in [5.74, 6) is -1.52. The fourth-order valence-electron chi connectivity index (χ4n) is 2.68. The van der Waals surface area contributed by atoms with Gasteiger partial charge in [-0.1, -0.05) is 25.1 Å². The second kappa shape index (κ2) is 7.70. The molecule has 1 aliphatic heterocycles. The van der Waals surface area contributed by atoms with Crippen LogP contribution in [-0.4, -0.2) is 43.0 Å². The van der Waals surface area contributed by atoms with Gasteiger partial charge >= 0.3 is 15.5 Å². The van der Waals surface area contributed by atoms with E-state index in [1.54, 1.807) is 13.8 Å². The molecule has 0 unspecified atom stereocenters. The molecule has 7 nitrogen and oxygen atoms in total. The lowest BCUT2D eigenvalue weighted by Gasteiger charge is -2.37. The standard InChI is InChI=1S/C17H21F3N2O5S/c1-4-14(23)22(28(25,26)17(18,19)20)13-8-6-5-7-12(13)10-21-11-27-16(2,3)9-15(21)24/h5-8H,4,9-11H2,1-3H3. The van der Waals surface area contributed by atoms with Crippen LogP contribution in [0.5, 0.6) is 0 Å². The molecule has 2 amide bonds. The lowest BCUT2D eigenvalue weighted by Crippen LogP contribution is -2.47. The maximum Gasteiger partial charge on any atom is 0.517 e. The van der Waals surface area contributed by atoms with Gasteiger partial charge in [0.2, 0.25) is 11.8 Å². The van der Waals surface area contributed by atoms with Crippen LogP contribution in [0.1, 0.15) is 39.2 Å². The number of sulfonamides is 1. The number of nitrogens with zero attached hydrogens (tertiary/aromatic N) is 2. The first-order chi connectivity index (χ1) is 12.8. The van der Waals surface area contributed by atoms with Gasteiger partial charge in [0.05, 0.1) is 17.7 Å². The number of carbonyl (C=O) groups is 2.